The molecule has 0 N–H and O–H groups in total. The second-order valence-electron chi connectivity index (χ2n) is 5.69. The number of nitrogens with zero attached hydrogens (tertiary/aromatic N) is 3. The molecule has 1 aromatic carbocycles. The number of hydrogen-bond acceptors (Lipinski definition) is 4. The molecule has 0 aliphatic carbocycles. The van der Waals surface area contributed by atoms with E-state index in [4.69, 9.17) is 0 Å². The van der Waals surface area contributed by atoms with Crippen LogP contribution in [-0.4, -0.2) is 27.4 Å². The fourth-order valence-electron chi connectivity index (χ4n) is 2.57. The molecule has 3 rings (SSSR count). The molecule has 0 fully saturated rings. The zero-order chi connectivity index (χ0) is 17.4. The smallest absolute Gasteiger partial charge is 0.264 e. The Kier molecular flexibility index (Phi) is 4.19. The van der Waals surface area contributed by atoms with Crippen molar-refractivity contribution in [1.82, 2.24) is 14.5 Å². The molecule has 2 aromatic heterocycles. The first-order chi connectivity index (χ1) is 11.4. The van der Waals surface area contributed by atoms with E-state index in [0.717, 1.165) is 0 Å². The summed E-state index contributed by atoms with van der Waals surface area (Å²) in [7, 11) is 3.28. The summed E-state index contributed by atoms with van der Waals surface area (Å²) in [5.74, 6) is -0.541. The molecule has 0 saturated carbocycles. The topological polar surface area (TPSA) is 55.2 Å². The van der Waals surface area contributed by atoms with Gasteiger partial charge in [-0.3, -0.25) is 9.59 Å². The molecule has 0 aliphatic heterocycles. The van der Waals surface area contributed by atoms with Crippen molar-refractivity contribution in [3.8, 4) is 0 Å². The molecule has 24 heavy (non-hydrogen) atoms. The number of carbonyl (C=O) groups is 1. The van der Waals surface area contributed by atoms with Gasteiger partial charge in [-0.25, -0.2) is 9.37 Å². The van der Waals surface area contributed by atoms with Gasteiger partial charge < -0.3 is 9.47 Å². The largest absolute Gasteiger partial charge is 0.337 e. The molecule has 0 bridgehead atoms. The lowest BCUT2D eigenvalue weighted by Gasteiger charge is -2.17. The molecule has 2 heterocycles. The fourth-order valence-corrected chi connectivity index (χ4v) is 3.70. The highest BCUT2D eigenvalue weighted by Crippen LogP contribution is 2.28. The Balaban J connectivity index is 1.95. The average Bonchev–Trinajstić information content (AvgIpc) is 2.87. The third-order valence-corrected chi connectivity index (χ3v) is 5.05. The number of benzene rings is 1. The second-order valence-corrected chi connectivity index (χ2v) is 6.69. The van der Waals surface area contributed by atoms with Gasteiger partial charge in [0.05, 0.1) is 16.6 Å². The Morgan fingerprint density at radius 1 is 1.42 bits per heavy atom. The zero-order valence-corrected chi connectivity index (χ0v) is 14.4. The number of hydrogen-bond donors (Lipinski definition) is 0. The van der Waals surface area contributed by atoms with Crippen LogP contribution in [0.2, 0.25) is 0 Å². The van der Waals surface area contributed by atoms with E-state index in [1.807, 2.05) is 0 Å². The average molecular weight is 345 g/mol. The number of aryl methyl sites for hydroxylation is 2. The molecule has 1 amide bonds. The number of thiophene rings is 1. The number of carbonyl (C=O) groups excluding carboxylic acids is 1. The van der Waals surface area contributed by atoms with Crippen molar-refractivity contribution in [3.05, 3.63) is 62.8 Å². The molecule has 0 unspecified atom stereocenters. The van der Waals surface area contributed by atoms with Crippen LogP contribution in [0.5, 0.6) is 0 Å². The van der Waals surface area contributed by atoms with Gasteiger partial charge >= 0.3 is 0 Å². The van der Waals surface area contributed by atoms with E-state index in [0.29, 0.717) is 26.2 Å². The Labute approximate surface area is 142 Å². The lowest BCUT2D eigenvalue weighted by atomic mass is 10.2. The van der Waals surface area contributed by atoms with Crippen LogP contribution in [0.15, 0.2) is 35.4 Å². The van der Waals surface area contributed by atoms with Crippen molar-refractivity contribution < 1.29 is 9.18 Å². The van der Waals surface area contributed by atoms with E-state index in [9.17, 15) is 14.0 Å². The summed E-state index contributed by atoms with van der Waals surface area (Å²) >= 11 is 1.21. The Morgan fingerprint density at radius 2 is 2.17 bits per heavy atom. The maximum absolute atomic E-state index is 13.3. The van der Waals surface area contributed by atoms with Gasteiger partial charge in [0.2, 0.25) is 0 Å². The van der Waals surface area contributed by atoms with Crippen molar-refractivity contribution in [3.63, 3.8) is 0 Å². The third kappa shape index (κ3) is 2.82. The van der Waals surface area contributed by atoms with Crippen LogP contribution >= 0.6 is 11.3 Å². The molecule has 0 radical (unpaired) electrons. The monoisotopic (exact) mass is 345 g/mol. The summed E-state index contributed by atoms with van der Waals surface area (Å²) in [6.45, 7) is 2.04. The fraction of sp³-hybridized carbons (Fsp3) is 0.235. The maximum Gasteiger partial charge on any atom is 0.264 e. The molecular weight excluding hydrogens is 329 g/mol. The Hall–Kier alpha value is -2.54. The Bertz CT molecular complexity index is 993. The van der Waals surface area contributed by atoms with Gasteiger partial charge in [-0.05, 0) is 30.2 Å². The summed E-state index contributed by atoms with van der Waals surface area (Å²) in [6.07, 6.45) is 1.45. The highest BCUT2D eigenvalue weighted by Gasteiger charge is 2.21. The van der Waals surface area contributed by atoms with E-state index < -0.39 is 0 Å². The van der Waals surface area contributed by atoms with Crippen LogP contribution in [0.3, 0.4) is 0 Å². The second kappa shape index (κ2) is 6.16. The Morgan fingerprint density at radius 3 is 2.88 bits per heavy atom. The van der Waals surface area contributed by atoms with Crippen LogP contribution < -0.4 is 5.56 Å². The standard InChI is InChI=1S/C17H16FN3O2S/c1-10-13-15(19-9-21(3)16(13)22)24-14(10)17(23)20(2)8-11-5-4-6-12(18)7-11/h4-7,9H,8H2,1-3H3. The number of halogens is 1. The number of amides is 1. The summed E-state index contributed by atoms with van der Waals surface area (Å²) in [4.78, 5) is 31.7. The molecule has 3 aromatic rings. The van der Waals surface area contributed by atoms with Gasteiger partial charge in [0.25, 0.3) is 11.5 Å². The zero-order valence-electron chi connectivity index (χ0n) is 13.5. The van der Waals surface area contributed by atoms with Gasteiger partial charge in [0, 0.05) is 20.6 Å². The number of aromatic nitrogens is 2. The summed E-state index contributed by atoms with van der Waals surface area (Å²) in [5.41, 5.74) is 1.18. The van der Waals surface area contributed by atoms with Crippen LogP contribution in [0.25, 0.3) is 10.2 Å². The number of rotatable bonds is 3. The minimum absolute atomic E-state index is 0.166. The molecule has 0 saturated heterocycles. The van der Waals surface area contributed by atoms with E-state index in [-0.39, 0.29) is 23.8 Å². The van der Waals surface area contributed by atoms with Crippen molar-refractivity contribution in [1.29, 1.82) is 0 Å². The van der Waals surface area contributed by atoms with Gasteiger partial charge in [0.15, 0.2) is 0 Å². The SMILES string of the molecule is Cc1c(C(=O)N(C)Cc2cccc(F)c2)sc2ncn(C)c(=O)c12. The lowest BCUT2D eigenvalue weighted by Crippen LogP contribution is -2.26. The summed E-state index contributed by atoms with van der Waals surface area (Å²) in [6, 6.07) is 6.14. The molecule has 124 valence electrons. The molecule has 5 nitrogen and oxygen atoms in total. The predicted molar refractivity (Wildman–Crippen MR) is 91.8 cm³/mol. The first kappa shape index (κ1) is 16.3. The van der Waals surface area contributed by atoms with E-state index in [1.54, 1.807) is 33.2 Å². The van der Waals surface area contributed by atoms with Crippen molar-refractivity contribution >= 4 is 27.5 Å². The predicted octanol–water partition coefficient (Wildman–Crippen LogP) is 2.71. The normalized spacial score (nSPS) is 11.0. The quantitative estimate of drug-likeness (QED) is 0.733. The minimum Gasteiger partial charge on any atom is -0.337 e. The highest BCUT2D eigenvalue weighted by molar-refractivity contribution is 7.20. The minimum atomic E-state index is -0.334. The third-order valence-electron chi connectivity index (χ3n) is 3.86. The van der Waals surface area contributed by atoms with Crippen LogP contribution in [0, 0.1) is 12.7 Å². The van der Waals surface area contributed by atoms with E-state index in [2.05, 4.69) is 4.98 Å². The first-order valence-corrected chi connectivity index (χ1v) is 8.14. The maximum atomic E-state index is 13.3. The molecular formula is C17H16FN3O2S. The first-order valence-electron chi connectivity index (χ1n) is 7.33. The van der Waals surface area contributed by atoms with Gasteiger partial charge in [-0.2, -0.15) is 0 Å². The molecule has 0 atom stereocenters. The van der Waals surface area contributed by atoms with Gasteiger partial charge in [-0.15, -0.1) is 11.3 Å². The summed E-state index contributed by atoms with van der Waals surface area (Å²) < 4.78 is 14.7. The van der Waals surface area contributed by atoms with Crippen molar-refractivity contribution in [2.24, 2.45) is 7.05 Å². The van der Waals surface area contributed by atoms with Crippen molar-refractivity contribution in [2.75, 3.05) is 7.05 Å². The van der Waals surface area contributed by atoms with Crippen LogP contribution in [0.4, 0.5) is 4.39 Å². The summed E-state index contributed by atoms with van der Waals surface area (Å²) in [5, 5.41) is 0.479. The van der Waals surface area contributed by atoms with Crippen LogP contribution in [0.1, 0.15) is 20.8 Å². The highest BCUT2D eigenvalue weighted by atomic mass is 32.1. The van der Waals surface area contributed by atoms with E-state index >= 15 is 0 Å². The van der Waals surface area contributed by atoms with Gasteiger partial charge in [0.1, 0.15) is 10.6 Å². The van der Waals surface area contributed by atoms with Crippen LogP contribution in [-0.2, 0) is 13.6 Å². The van der Waals surface area contributed by atoms with Gasteiger partial charge in [-0.1, -0.05) is 12.1 Å². The molecule has 0 aliphatic rings. The van der Waals surface area contributed by atoms with E-state index in [1.165, 1.54) is 39.3 Å². The molecule has 7 heteroatoms. The lowest BCUT2D eigenvalue weighted by molar-refractivity contribution is 0.0789. The molecule has 0 spiro atoms. The number of fused-ring (bicyclic) bond motifs is 1. The van der Waals surface area contributed by atoms with Crippen molar-refractivity contribution in [2.45, 2.75) is 13.5 Å².